The van der Waals surface area contributed by atoms with Crippen molar-refractivity contribution >= 4 is 34.3 Å². The van der Waals surface area contributed by atoms with Crippen LogP contribution < -0.4 is 10.2 Å². The lowest BCUT2D eigenvalue weighted by Crippen LogP contribution is -2.49. The summed E-state index contributed by atoms with van der Waals surface area (Å²) in [6.45, 7) is 4.12. The predicted octanol–water partition coefficient (Wildman–Crippen LogP) is 2.88. The molecule has 33 heavy (non-hydrogen) atoms. The van der Waals surface area contributed by atoms with Crippen molar-refractivity contribution in [3.05, 3.63) is 29.3 Å². The summed E-state index contributed by atoms with van der Waals surface area (Å²) >= 11 is 0. The lowest BCUT2D eigenvalue weighted by atomic mass is 9.88. The second kappa shape index (κ2) is 9.29. The van der Waals surface area contributed by atoms with Gasteiger partial charge >= 0.3 is 0 Å². The third kappa shape index (κ3) is 4.52. The fourth-order valence-corrected chi connectivity index (χ4v) is 6.80. The van der Waals surface area contributed by atoms with Gasteiger partial charge in [0.05, 0.1) is 11.0 Å². The van der Waals surface area contributed by atoms with Crippen molar-refractivity contribution in [2.45, 2.75) is 70.3 Å². The van der Waals surface area contributed by atoms with Crippen LogP contribution in [0.4, 0.5) is 5.69 Å². The molecule has 3 fully saturated rings. The quantitative estimate of drug-likeness (QED) is 0.649. The van der Waals surface area contributed by atoms with Crippen molar-refractivity contribution in [2.24, 2.45) is 10.9 Å². The van der Waals surface area contributed by atoms with E-state index in [0.29, 0.717) is 44.0 Å². The number of nitrogens with one attached hydrogen (secondary N) is 1. The van der Waals surface area contributed by atoms with Crippen molar-refractivity contribution in [1.82, 2.24) is 9.62 Å². The number of nitrogens with zero attached hydrogens (tertiary/aromatic N) is 3. The highest BCUT2D eigenvalue weighted by Crippen LogP contribution is 2.34. The Bertz CT molecular complexity index is 993. The van der Waals surface area contributed by atoms with E-state index in [1.54, 1.807) is 4.90 Å². The summed E-state index contributed by atoms with van der Waals surface area (Å²) in [6.07, 6.45) is 8.61. The van der Waals surface area contributed by atoms with E-state index in [4.69, 9.17) is 4.99 Å². The highest BCUT2D eigenvalue weighted by atomic mass is 32.2. The van der Waals surface area contributed by atoms with Crippen LogP contribution in [0.1, 0.15) is 62.5 Å². The maximum absolute atomic E-state index is 13.0. The molecular formula is C25H34N4O3S. The number of amides is 2. The van der Waals surface area contributed by atoms with Crippen LogP contribution in [0.3, 0.4) is 0 Å². The molecule has 2 saturated heterocycles. The van der Waals surface area contributed by atoms with E-state index in [1.165, 1.54) is 24.8 Å². The van der Waals surface area contributed by atoms with Gasteiger partial charge in [-0.3, -0.25) is 14.6 Å². The first-order valence-corrected chi connectivity index (χ1v) is 13.7. The van der Waals surface area contributed by atoms with Crippen LogP contribution in [-0.2, 0) is 27.0 Å². The maximum atomic E-state index is 13.0. The maximum Gasteiger partial charge on any atom is 0.253 e. The van der Waals surface area contributed by atoms with Gasteiger partial charge in [-0.2, -0.15) is 0 Å². The Morgan fingerprint density at radius 2 is 1.88 bits per heavy atom. The Balaban J connectivity index is 1.15. The first kappa shape index (κ1) is 22.7. The summed E-state index contributed by atoms with van der Waals surface area (Å²) in [5.74, 6) is 2.11. The Morgan fingerprint density at radius 1 is 1.12 bits per heavy atom. The molecule has 5 rings (SSSR count). The number of aryl methyl sites for hydroxylation is 2. The van der Waals surface area contributed by atoms with Gasteiger partial charge < -0.3 is 10.2 Å². The van der Waals surface area contributed by atoms with Crippen molar-refractivity contribution in [1.29, 1.82) is 0 Å². The molecule has 0 radical (unpaired) electrons. The number of carbonyl (C=O) groups excluding carboxylic acids is 2. The first-order chi connectivity index (χ1) is 15.9. The average molecular weight is 471 g/mol. The highest BCUT2D eigenvalue weighted by Gasteiger charge is 2.47. The number of aliphatic imine (C=N–C) groups is 1. The molecule has 0 bridgehead atoms. The van der Waals surface area contributed by atoms with Crippen LogP contribution in [0.5, 0.6) is 0 Å². The largest absolute Gasteiger partial charge is 0.312 e. The summed E-state index contributed by atoms with van der Waals surface area (Å²) in [7, 11) is -1.08. The molecule has 8 heteroatoms. The fraction of sp³-hybridized carbons (Fsp3) is 0.640. The minimum Gasteiger partial charge on any atom is -0.312 e. The van der Waals surface area contributed by atoms with E-state index >= 15 is 0 Å². The molecule has 3 heterocycles. The highest BCUT2D eigenvalue weighted by molar-refractivity contribution is 7.82. The van der Waals surface area contributed by atoms with Gasteiger partial charge in [-0.1, -0.05) is 25.3 Å². The van der Waals surface area contributed by atoms with Crippen molar-refractivity contribution in [3.63, 3.8) is 0 Å². The van der Waals surface area contributed by atoms with Gasteiger partial charge in [-0.05, 0) is 62.3 Å². The number of β-lactam (4-membered cyclic amide) rings is 1. The summed E-state index contributed by atoms with van der Waals surface area (Å²) in [5.41, 5.74) is 2.62. The van der Waals surface area contributed by atoms with E-state index in [9.17, 15) is 13.8 Å². The normalized spacial score (nSPS) is 24.5. The lowest BCUT2D eigenvalue weighted by molar-refractivity contribution is -0.125. The van der Waals surface area contributed by atoms with Gasteiger partial charge in [-0.25, -0.2) is 8.51 Å². The van der Waals surface area contributed by atoms with Crippen LogP contribution in [0.15, 0.2) is 23.2 Å². The van der Waals surface area contributed by atoms with Gasteiger partial charge in [0.15, 0.2) is 0 Å². The third-order valence-electron chi connectivity index (χ3n) is 7.86. The number of rotatable bonds is 6. The Hall–Kier alpha value is -2.06. The van der Waals surface area contributed by atoms with E-state index < -0.39 is 16.5 Å². The smallest absolute Gasteiger partial charge is 0.253 e. The molecule has 1 aromatic rings. The van der Waals surface area contributed by atoms with Crippen molar-refractivity contribution in [3.8, 4) is 0 Å². The van der Waals surface area contributed by atoms with Crippen LogP contribution >= 0.6 is 0 Å². The second-order valence-corrected chi connectivity index (χ2v) is 11.5. The number of benzene rings is 1. The molecular weight excluding hydrogens is 436 g/mol. The van der Waals surface area contributed by atoms with Crippen molar-refractivity contribution in [2.75, 3.05) is 30.3 Å². The third-order valence-corrected chi connectivity index (χ3v) is 9.36. The minimum atomic E-state index is -1.08. The molecule has 3 aliphatic heterocycles. The Morgan fingerprint density at radius 3 is 2.52 bits per heavy atom. The molecule has 2 amide bonds. The monoisotopic (exact) mass is 470 g/mol. The molecule has 0 aromatic heterocycles. The molecule has 178 valence electrons. The topological polar surface area (TPSA) is 82.1 Å². The molecule has 1 unspecified atom stereocenters. The molecule has 4 aliphatic rings. The predicted molar refractivity (Wildman–Crippen MR) is 131 cm³/mol. The van der Waals surface area contributed by atoms with E-state index in [1.807, 2.05) is 10.4 Å². The van der Waals surface area contributed by atoms with E-state index in [-0.39, 0.29) is 11.8 Å². The first-order valence-electron chi connectivity index (χ1n) is 12.4. The van der Waals surface area contributed by atoms with Gasteiger partial charge in [0.2, 0.25) is 5.91 Å². The molecule has 1 N–H and O–H groups in total. The van der Waals surface area contributed by atoms with Crippen LogP contribution in [0.2, 0.25) is 0 Å². The molecule has 1 atom stereocenters. The number of anilines is 1. The van der Waals surface area contributed by atoms with Crippen LogP contribution in [0.25, 0.3) is 0 Å². The average Bonchev–Trinajstić information content (AvgIpc) is 3.14. The Kier molecular flexibility index (Phi) is 6.40. The standard InChI is InChI=1S/C25H34N4O3S/c1-18-17-21(29-13-9-22(29)30)8-7-19(18)10-16-33(32)28-14-11-25(12-15-28)24(31)26-23(27-25)20-5-3-2-4-6-20/h7-8,17,20H,2-6,9-16H2,1H3,(H,26,27,31). The van der Waals surface area contributed by atoms with E-state index in [0.717, 1.165) is 42.9 Å². The second-order valence-electron chi connectivity index (χ2n) is 9.93. The summed E-state index contributed by atoms with van der Waals surface area (Å²) in [5, 5.41) is 3.10. The SMILES string of the molecule is Cc1cc(N2CCC2=O)ccc1CCS(=O)N1CCC2(CC1)N=C(C1CCCCC1)NC2=O. The molecule has 1 aromatic carbocycles. The van der Waals surface area contributed by atoms with Crippen molar-refractivity contribution < 1.29 is 13.8 Å². The van der Waals surface area contributed by atoms with Crippen LogP contribution in [-0.4, -0.2) is 57.1 Å². The number of carbonyl (C=O) groups is 2. The number of amidine groups is 1. The summed E-state index contributed by atoms with van der Waals surface area (Å²) in [4.78, 5) is 31.2. The zero-order chi connectivity index (χ0) is 23.0. The Labute approximate surface area is 198 Å². The van der Waals surface area contributed by atoms with Gasteiger partial charge in [-0.15, -0.1) is 0 Å². The molecule has 1 saturated carbocycles. The van der Waals surface area contributed by atoms with Gasteiger partial charge in [0, 0.05) is 43.4 Å². The molecule has 7 nitrogen and oxygen atoms in total. The lowest BCUT2D eigenvalue weighted by Gasteiger charge is -2.34. The zero-order valence-electron chi connectivity index (χ0n) is 19.5. The zero-order valence-corrected chi connectivity index (χ0v) is 20.3. The summed E-state index contributed by atoms with van der Waals surface area (Å²) in [6, 6.07) is 6.11. The van der Waals surface area contributed by atoms with Crippen LogP contribution in [0, 0.1) is 12.8 Å². The molecule has 1 spiro atoms. The molecule has 1 aliphatic carbocycles. The number of hydrogen-bond acceptors (Lipinski definition) is 4. The number of piperidine rings is 1. The minimum absolute atomic E-state index is 0.0462. The van der Waals surface area contributed by atoms with E-state index in [2.05, 4.69) is 24.4 Å². The number of hydrogen-bond donors (Lipinski definition) is 1. The fourth-order valence-electron chi connectivity index (χ4n) is 5.55. The van der Waals surface area contributed by atoms with Gasteiger partial charge in [0.1, 0.15) is 11.4 Å². The summed E-state index contributed by atoms with van der Waals surface area (Å²) < 4.78 is 15.0. The van der Waals surface area contributed by atoms with Gasteiger partial charge in [0.25, 0.3) is 5.91 Å².